The third-order valence-electron chi connectivity index (χ3n) is 4.29. The molecule has 2 amide bonds. The van der Waals surface area contributed by atoms with Gasteiger partial charge in [-0.25, -0.2) is 14.3 Å². The van der Waals surface area contributed by atoms with Gasteiger partial charge in [-0.15, -0.1) is 0 Å². The number of hydrogen-bond acceptors (Lipinski definition) is 4. The molecule has 8 nitrogen and oxygen atoms in total. The van der Waals surface area contributed by atoms with E-state index in [4.69, 9.17) is 0 Å². The molecule has 3 rings (SSSR count). The maximum atomic E-state index is 12.2. The number of hydrogen-bond donors (Lipinski definition) is 2. The Kier molecular flexibility index (Phi) is 5.47. The van der Waals surface area contributed by atoms with Crippen molar-refractivity contribution in [1.82, 2.24) is 30.0 Å². The van der Waals surface area contributed by atoms with Crippen molar-refractivity contribution in [1.29, 1.82) is 0 Å². The van der Waals surface area contributed by atoms with Crippen molar-refractivity contribution in [3.8, 4) is 0 Å². The second kappa shape index (κ2) is 7.96. The van der Waals surface area contributed by atoms with Gasteiger partial charge >= 0.3 is 11.7 Å². The number of carbonyl (C=O) groups excluding carboxylic acids is 1. The summed E-state index contributed by atoms with van der Waals surface area (Å²) in [6.45, 7) is 4.13. The molecule has 1 aliphatic heterocycles. The minimum atomic E-state index is -0.225. The molecule has 134 valence electrons. The molecule has 8 heteroatoms. The first-order valence-electron chi connectivity index (χ1n) is 8.73. The number of nitrogens with one attached hydrogen (secondary N) is 2. The Morgan fingerprint density at radius 3 is 2.92 bits per heavy atom. The number of aryl methyl sites for hydroxylation is 3. The number of pyridine rings is 1. The van der Waals surface area contributed by atoms with Gasteiger partial charge in [-0.05, 0) is 37.8 Å². The molecule has 0 bridgehead atoms. The van der Waals surface area contributed by atoms with Crippen LogP contribution in [0, 0.1) is 6.92 Å². The van der Waals surface area contributed by atoms with Crippen molar-refractivity contribution in [2.24, 2.45) is 0 Å². The zero-order chi connectivity index (χ0) is 17.6. The molecule has 0 radical (unpaired) electrons. The molecule has 2 N–H and O–H groups in total. The average molecular weight is 344 g/mol. The summed E-state index contributed by atoms with van der Waals surface area (Å²) < 4.78 is 3.28. The van der Waals surface area contributed by atoms with Gasteiger partial charge in [0.1, 0.15) is 5.82 Å². The third-order valence-corrected chi connectivity index (χ3v) is 4.29. The Balaban J connectivity index is 1.38. The quantitative estimate of drug-likeness (QED) is 0.764. The van der Waals surface area contributed by atoms with Gasteiger partial charge < -0.3 is 10.6 Å². The van der Waals surface area contributed by atoms with Gasteiger partial charge in [0, 0.05) is 44.5 Å². The normalized spacial score (nSPS) is 13.3. The van der Waals surface area contributed by atoms with E-state index < -0.39 is 0 Å². The van der Waals surface area contributed by atoms with Crippen LogP contribution in [0.25, 0.3) is 0 Å². The van der Waals surface area contributed by atoms with Gasteiger partial charge in [0.15, 0.2) is 0 Å². The highest BCUT2D eigenvalue weighted by molar-refractivity contribution is 5.73. The number of fused-ring (bicyclic) bond motifs is 1. The number of nitrogens with zero attached hydrogens (tertiary/aromatic N) is 4. The lowest BCUT2D eigenvalue weighted by atomic mass is 10.2. The molecule has 0 saturated heterocycles. The highest BCUT2D eigenvalue weighted by atomic mass is 16.2. The minimum Gasteiger partial charge on any atom is -0.338 e. The van der Waals surface area contributed by atoms with Crippen LogP contribution in [0.4, 0.5) is 4.79 Å². The molecule has 3 heterocycles. The second-order valence-corrected chi connectivity index (χ2v) is 6.30. The van der Waals surface area contributed by atoms with Gasteiger partial charge in [-0.1, -0.05) is 6.07 Å². The largest absolute Gasteiger partial charge is 0.345 e. The fourth-order valence-corrected chi connectivity index (χ4v) is 2.87. The van der Waals surface area contributed by atoms with E-state index in [2.05, 4.69) is 20.7 Å². The van der Waals surface area contributed by atoms with Crippen LogP contribution in [0.1, 0.15) is 36.3 Å². The first-order valence-corrected chi connectivity index (χ1v) is 8.73. The Morgan fingerprint density at radius 1 is 1.28 bits per heavy atom. The summed E-state index contributed by atoms with van der Waals surface area (Å²) in [6, 6.07) is 3.63. The molecule has 0 aliphatic carbocycles. The molecule has 0 aromatic carbocycles. The molecular weight excluding hydrogens is 320 g/mol. The Labute approximate surface area is 146 Å². The number of aromatic nitrogens is 4. The molecule has 0 saturated carbocycles. The number of amides is 2. The molecule has 2 aromatic heterocycles. The Hall–Kier alpha value is -2.64. The van der Waals surface area contributed by atoms with Gasteiger partial charge in [0.05, 0.1) is 0 Å². The molecule has 0 fully saturated rings. The first-order chi connectivity index (χ1) is 12.1. The van der Waals surface area contributed by atoms with Crippen LogP contribution in [-0.4, -0.2) is 31.9 Å². The van der Waals surface area contributed by atoms with Gasteiger partial charge in [-0.2, -0.15) is 5.10 Å². The molecule has 1 aliphatic rings. The van der Waals surface area contributed by atoms with E-state index in [1.165, 1.54) is 4.68 Å². The highest BCUT2D eigenvalue weighted by Gasteiger charge is 2.16. The van der Waals surface area contributed by atoms with E-state index in [1.54, 1.807) is 10.8 Å². The van der Waals surface area contributed by atoms with Crippen molar-refractivity contribution >= 4 is 6.03 Å². The van der Waals surface area contributed by atoms with Crippen LogP contribution >= 0.6 is 0 Å². The van der Waals surface area contributed by atoms with Crippen molar-refractivity contribution in [3.63, 3.8) is 0 Å². The summed E-state index contributed by atoms with van der Waals surface area (Å²) in [5, 5.41) is 9.97. The summed E-state index contributed by atoms with van der Waals surface area (Å²) in [6.07, 6.45) is 5.42. The second-order valence-electron chi connectivity index (χ2n) is 6.30. The number of carbonyl (C=O) groups is 1. The van der Waals surface area contributed by atoms with Crippen LogP contribution in [0.2, 0.25) is 0 Å². The van der Waals surface area contributed by atoms with E-state index in [0.29, 0.717) is 26.1 Å². The van der Waals surface area contributed by atoms with Crippen LogP contribution in [0.15, 0.2) is 23.1 Å². The van der Waals surface area contributed by atoms with Crippen molar-refractivity contribution in [2.45, 2.75) is 52.2 Å². The van der Waals surface area contributed by atoms with Crippen molar-refractivity contribution < 1.29 is 4.79 Å². The lowest BCUT2D eigenvalue weighted by Crippen LogP contribution is -2.36. The first kappa shape index (κ1) is 17.2. The number of urea groups is 1. The van der Waals surface area contributed by atoms with Crippen LogP contribution in [0.5, 0.6) is 0 Å². The van der Waals surface area contributed by atoms with E-state index in [9.17, 15) is 9.59 Å². The third kappa shape index (κ3) is 4.46. The summed E-state index contributed by atoms with van der Waals surface area (Å²) in [5.41, 5.74) is 1.87. The van der Waals surface area contributed by atoms with Gasteiger partial charge in [0.2, 0.25) is 0 Å². The highest BCUT2D eigenvalue weighted by Crippen LogP contribution is 2.09. The van der Waals surface area contributed by atoms with E-state index in [1.807, 2.05) is 19.1 Å². The Morgan fingerprint density at radius 2 is 2.16 bits per heavy atom. The molecule has 0 spiro atoms. The lowest BCUT2D eigenvalue weighted by molar-refractivity contribution is 0.240. The summed E-state index contributed by atoms with van der Waals surface area (Å²) >= 11 is 0. The van der Waals surface area contributed by atoms with Crippen molar-refractivity contribution in [2.75, 3.05) is 6.54 Å². The summed E-state index contributed by atoms with van der Waals surface area (Å²) in [7, 11) is 0. The fourth-order valence-electron chi connectivity index (χ4n) is 2.87. The molecule has 25 heavy (non-hydrogen) atoms. The summed E-state index contributed by atoms with van der Waals surface area (Å²) in [5.74, 6) is 0.883. The van der Waals surface area contributed by atoms with E-state index in [0.717, 1.165) is 42.9 Å². The van der Waals surface area contributed by atoms with Gasteiger partial charge in [0.25, 0.3) is 0 Å². The van der Waals surface area contributed by atoms with Crippen LogP contribution in [0.3, 0.4) is 0 Å². The fraction of sp³-hybridized carbons (Fsp3) is 0.529. The smallest absolute Gasteiger partial charge is 0.338 e. The molecule has 0 atom stereocenters. The zero-order valence-corrected chi connectivity index (χ0v) is 14.5. The zero-order valence-electron chi connectivity index (χ0n) is 14.5. The monoisotopic (exact) mass is 344 g/mol. The maximum Gasteiger partial charge on any atom is 0.345 e. The lowest BCUT2D eigenvalue weighted by Gasteiger charge is -2.09. The topological polar surface area (TPSA) is 93.8 Å². The average Bonchev–Trinajstić information content (AvgIpc) is 2.94. The maximum absolute atomic E-state index is 12.2. The summed E-state index contributed by atoms with van der Waals surface area (Å²) in [4.78, 5) is 28.2. The van der Waals surface area contributed by atoms with Crippen molar-refractivity contribution in [3.05, 3.63) is 45.9 Å². The predicted molar refractivity (Wildman–Crippen MR) is 93.3 cm³/mol. The predicted octanol–water partition coefficient (Wildman–Crippen LogP) is 0.974. The van der Waals surface area contributed by atoms with Crippen LogP contribution in [-0.2, 0) is 26.1 Å². The van der Waals surface area contributed by atoms with Gasteiger partial charge in [-0.3, -0.25) is 9.55 Å². The minimum absolute atomic E-state index is 0.0361. The molecular formula is C17H24N6O2. The number of rotatable bonds is 6. The van der Waals surface area contributed by atoms with E-state index in [-0.39, 0.29) is 11.7 Å². The van der Waals surface area contributed by atoms with E-state index >= 15 is 0 Å². The SMILES string of the molecule is Cc1ccc(CNC(=O)NCCCn2nc3n(c2=O)CCCC3)cn1. The molecule has 0 unspecified atom stereocenters. The Bertz CT molecular complexity index is 777. The molecule has 2 aromatic rings. The standard InChI is InChI=1S/C17H24N6O2/c1-13-6-7-14(11-19-13)12-20-16(24)18-8-4-10-23-17(25)22-9-3-2-5-15(22)21-23/h6-7,11H,2-5,8-10,12H2,1H3,(H2,18,20,24). The van der Waals surface area contributed by atoms with Crippen LogP contribution < -0.4 is 16.3 Å².